The fourth-order valence-electron chi connectivity index (χ4n) is 3.23. The number of aromatic nitrogens is 3. The van der Waals surface area contributed by atoms with Gasteiger partial charge in [0.05, 0.1) is 0 Å². The molecule has 3 aliphatic carbocycles. The SMILES string of the molecule is NCC1CCCC1Sc1nnc(C2CC2)n1C1CC1. The highest BCUT2D eigenvalue weighted by atomic mass is 32.2. The van der Waals surface area contributed by atoms with Gasteiger partial charge >= 0.3 is 0 Å². The molecule has 0 aliphatic heterocycles. The van der Waals surface area contributed by atoms with Crippen LogP contribution in [-0.4, -0.2) is 26.6 Å². The van der Waals surface area contributed by atoms with E-state index in [1.54, 1.807) is 0 Å². The summed E-state index contributed by atoms with van der Waals surface area (Å²) in [6, 6.07) is 0.700. The summed E-state index contributed by atoms with van der Waals surface area (Å²) in [5.74, 6) is 2.65. The maximum atomic E-state index is 5.90. The molecule has 0 radical (unpaired) electrons. The Labute approximate surface area is 118 Å². The van der Waals surface area contributed by atoms with Gasteiger partial charge in [0, 0.05) is 17.2 Å². The number of hydrogen-bond acceptors (Lipinski definition) is 4. The van der Waals surface area contributed by atoms with Crippen LogP contribution in [0.4, 0.5) is 0 Å². The Morgan fingerprint density at radius 1 is 1.11 bits per heavy atom. The van der Waals surface area contributed by atoms with E-state index < -0.39 is 0 Å². The van der Waals surface area contributed by atoms with Gasteiger partial charge in [-0.2, -0.15) is 0 Å². The zero-order valence-electron chi connectivity index (χ0n) is 11.3. The summed E-state index contributed by atoms with van der Waals surface area (Å²) in [7, 11) is 0. The Hall–Kier alpha value is -0.550. The van der Waals surface area contributed by atoms with Gasteiger partial charge in [-0.3, -0.25) is 0 Å². The minimum absolute atomic E-state index is 0.666. The molecule has 4 nitrogen and oxygen atoms in total. The maximum absolute atomic E-state index is 5.90. The van der Waals surface area contributed by atoms with Crippen molar-refractivity contribution >= 4 is 11.8 Å². The third-order valence-electron chi connectivity index (χ3n) is 4.69. The van der Waals surface area contributed by atoms with Gasteiger partial charge in [-0.05, 0) is 51.0 Å². The number of thioether (sulfide) groups is 1. The normalized spacial score (nSPS) is 31.0. The van der Waals surface area contributed by atoms with Crippen LogP contribution in [0.15, 0.2) is 5.16 Å². The molecule has 5 heteroatoms. The number of nitrogens with two attached hydrogens (primary N) is 1. The molecule has 0 amide bonds. The third kappa shape index (κ3) is 2.31. The molecule has 0 saturated heterocycles. The predicted octanol–water partition coefficient (Wildman–Crippen LogP) is 2.71. The van der Waals surface area contributed by atoms with Gasteiger partial charge in [0.25, 0.3) is 0 Å². The Bertz CT molecular complexity index is 464. The van der Waals surface area contributed by atoms with E-state index in [1.165, 1.54) is 55.9 Å². The van der Waals surface area contributed by atoms with Crippen LogP contribution in [0.25, 0.3) is 0 Å². The summed E-state index contributed by atoms with van der Waals surface area (Å²) in [4.78, 5) is 0. The summed E-state index contributed by atoms with van der Waals surface area (Å²) in [5, 5.41) is 10.8. The topological polar surface area (TPSA) is 56.7 Å². The fraction of sp³-hybridized carbons (Fsp3) is 0.857. The van der Waals surface area contributed by atoms with Crippen LogP contribution in [0.5, 0.6) is 0 Å². The molecular formula is C14H22N4S. The van der Waals surface area contributed by atoms with Gasteiger partial charge in [-0.25, -0.2) is 0 Å². The first kappa shape index (κ1) is 12.2. The van der Waals surface area contributed by atoms with Crippen molar-refractivity contribution in [2.45, 2.75) is 67.3 Å². The summed E-state index contributed by atoms with van der Waals surface area (Å²) >= 11 is 1.95. The smallest absolute Gasteiger partial charge is 0.191 e. The summed E-state index contributed by atoms with van der Waals surface area (Å²) in [5.41, 5.74) is 5.90. The van der Waals surface area contributed by atoms with Crippen LogP contribution in [0.2, 0.25) is 0 Å². The fourth-order valence-corrected chi connectivity index (χ4v) is 4.67. The molecule has 1 heterocycles. The van der Waals surface area contributed by atoms with Crippen LogP contribution in [-0.2, 0) is 0 Å². The first-order valence-corrected chi connectivity index (χ1v) is 8.56. The Morgan fingerprint density at radius 3 is 2.63 bits per heavy atom. The minimum atomic E-state index is 0.666. The first-order chi connectivity index (χ1) is 9.36. The Kier molecular flexibility index (Phi) is 3.07. The van der Waals surface area contributed by atoms with Crippen molar-refractivity contribution in [3.63, 3.8) is 0 Å². The lowest BCUT2D eigenvalue weighted by atomic mass is 10.1. The average Bonchev–Trinajstić information content (AvgIpc) is 3.35. The summed E-state index contributed by atoms with van der Waals surface area (Å²) in [6.45, 7) is 0.824. The molecule has 2 unspecified atom stereocenters. The molecule has 3 saturated carbocycles. The second kappa shape index (κ2) is 4.77. The van der Waals surface area contributed by atoms with E-state index in [1.807, 2.05) is 11.8 Å². The molecule has 2 N–H and O–H groups in total. The standard InChI is InChI=1S/C14H22N4S/c15-8-10-2-1-3-12(10)19-14-17-16-13(9-4-5-9)18(14)11-6-7-11/h9-12H,1-8,15H2. The molecule has 1 aromatic rings. The second-order valence-electron chi connectivity index (χ2n) is 6.30. The predicted molar refractivity (Wildman–Crippen MR) is 76.3 cm³/mol. The van der Waals surface area contributed by atoms with E-state index in [9.17, 15) is 0 Å². The van der Waals surface area contributed by atoms with Crippen molar-refractivity contribution in [3.05, 3.63) is 5.82 Å². The molecule has 3 fully saturated rings. The molecule has 3 aliphatic rings. The van der Waals surface area contributed by atoms with Crippen molar-refractivity contribution in [1.29, 1.82) is 0 Å². The monoisotopic (exact) mass is 278 g/mol. The van der Waals surface area contributed by atoms with E-state index in [4.69, 9.17) is 5.73 Å². The highest BCUT2D eigenvalue weighted by Crippen LogP contribution is 2.47. The van der Waals surface area contributed by atoms with Crippen molar-refractivity contribution in [3.8, 4) is 0 Å². The van der Waals surface area contributed by atoms with E-state index in [0.29, 0.717) is 23.1 Å². The van der Waals surface area contributed by atoms with Crippen LogP contribution >= 0.6 is 11.8 Å². The van der Waals surface area contributed by atoms with Crippen LogP contribution in [0, 0.1) is 5.92 Å². The molecule has 2 atom stereocenters. The zero-order valence-corrected chi connectivity index (χ0v) is 12.1. The third-order valence-corrected chi connectivity index (χ3v) is 6.11. The minimum Gasteiger partial charge on any atom is -0.330 e. The Morgan fingerprint density at radius 2 is 1.95 bits per heavy atom. The summed E-state index contributed by atoms with van der Waals surface area (Å²) < 4.78 is 2.47. The molecule has 1 aromatic heterocycles. The van der Waals surface area contributed by atoms with Gasteiger partial charge in [0.2, 0.25) is 0 Å². The number of nitrogens with zero attached hydrogens (tertiary/aromatic N) is 3. The van der Waals surface area contributed by atoms with Gasteiger partial charge in [0.1, 0.15) is 5.82 Å². The molecular weight excluding hydrogens is 256 g/mol. The van der Waals surface area contributed by atoms with Crippen LogP contribution in [0.3, 0.4) is 0 Å². The van der Waals surface area contributed by atoms with Crippen LogP contribution in [0.1, 0.15) is 62.7 Å². The van der Waals surface area contributed by atoms with Crippen molar-refractivity contribution in [2.24, 2.45) is 11.7 Å². The molecule has 0 aromatic carbocycles. The highest BCUT2D eigenvalue weighted by Gasteiger charge is 2.37. The lowest BCUT2D eigenvalue weighted by Gasteiger charge is -2.17. The molecule has 0 bridgehead atoms. The van der Waals surface area contributed by atoms with Crippen molar-refractivity contribution < 1.29 is 0 Å². The van der Waals surface area contributed by atoms with Gasteiger partial charge < -0.3 is 10.3 Å². The van der Waals surface area contributed by atoms with E-state index in [-0.39, 0.29) is 0 Å². The quantitative estimate of drug-likeness (QED) is 0.899. The first-order valence-electron chi connectivity index (χ1n) is 7.68. The van der Waals surface area contributed by atoms with Gasteiger partial charge in [-0.1, -0.05) is 18.2 Å². The second-order valence-corrected chi connectivity index (χ2v) is 7.51. The van der Waals surface area contributed by atoms with Gasteiger partial charge in [-0.15, -0.1) is 10.2 Å². The molecule has 104 valence electrons. The largest absolute Gasteiger partial charge is 0.330 e. The van der Waals surface area contributed by atoms with E-state index in [2.05, 4.69) is 14.8 Å². The van der Waals surface area contributed by atoms with Gasteiger partial charge in [0.15, 0.2) is 5.16 Å². The lowest BCUT2D eigenvalue weighted by molar-refractivity contribution is 0.568. The highest BCUT2D eigenvalue weighted by molar-refractivity contribution is 7.99. The van der Waals surface area contributed by atoms with E-state index in [0.717, 1.165) is 6.54 Å². The number of hydrogen-bond donors (Lipinski definition) is 1. The zero-order chi connectivity index (χ0) is 12.8. The maximum Gasteiger partial charge on any atom is 0.191 e. The van der Waals surface area contributed by atoms with Crippen molar-refractivity contribution in [2.75, 3.05) is 6.54 Å². The molecule has 19 heavy (non-hydrogen) atoms. The van der Waals surface area contributed by atoms with E-state index >= 15 is 0 Å². The Balaban J connectivity index is 1.57. The average molecular weight is 278 g/mol. The molecule has 4 rings (SSSR count). The van der Waals surface area contributed by atoms with Crippen LogP contribution < -0.4 is 5.73 Å². The molecule has 0 spiro atoms. The lowest BCUT2D eigenvalue weighted by Crippen LogP contribution is -2.20. The van der Waals surface area contributed by atoms with Crippen molar-refractivity contribution in [1.82, 2.24) is 14.8 Å². The summed E-state index contributed by atoms with van der Waals surface area (Å²) in [6.07, 6.45) is 9.16. The number of rotatable bonds is 5.